The Hall–Kier alpha value is -3.79. The van der Waals surface area contributed by atoms with Crippen LogP contribution in [0.2, 0.25) is 0 Å². The third-order valence-electron chi connectivity index (χ3n) is 6.79. The Bertz CT molecular complexity index is 1420. The van der Waals surface area contributed by atoms with Gasteiger partial charge >= 0.3 is 5.56 Å². The molecule has 0 spiro atoms. The molecule has 40 heavy (non-hydrogen) atoms. The Kier molecular flexibility index (Phi) is 9.87. The van der Waals surface area contributed by atoms with Crippen LogP contribution < -0.4 is 29.2 Å². The van der Waals surface area contributed by atoms with Crippen LogP contribution in [0.1, 0.15) is 12.8 Å². The highest BCUT2D eigenvalue weighted by atomic mass is 32.2. The normalized spacial score (nSPS) is 15.3. The molecule has 4 rings (SSSR count). The van der Waals surface area contributed by atoms with Gasteiger partial charge < -0.3 is 28.4 Å². The molecule has 2 heterocycles. The van der Waals surface area contributed by atoms with Crippen LogP contribution in [-0.4, -0.2) is 63.7 Å². The number of nitrogens with zero attached hydrogens (tertiary/aromatic N) is 2. The van der Waals surface area contributed by atoms with Crippen molar-refractivity contribution in [2.45, 2.75) is 24.3 Å². The van der Waals surface area contributed by atoms with Gasteiger partial charge in [-0.05, 0) is 36.6 Å². The summed E-state index contributed by atoms with van der Waals surface area (Å²) < 4.78 is 35.2. The summed E-state index contributed by atoms with van der Waals surface area (Å²) in [6.45, 7) is 0.984. The summed E-state index contributed by atoms with van der Waals surface area (Å²) in [5.41, 5.74) is 0.570. The second-order valence-corrected chi connectivity index (χ2v) is 11.3. The predicted molar refractivity (Wildman–Crippen MR) is 158 cm³/mol. The van der Waals surface area contributed by atoms with Crippen LogP contribution in [0.4, 0.5) is 0 Å². The molecule has 0 saturated carbocycles. The number of methoxy groups -OCH3 is 5. The highest BCUT2D eigenvalue weighted by molar-refractivity contribution is 7.96. The first-order valence-electron chi connectivity index (χ1n) is 13.0. The maximum absolute atomic E-state index is 14.0. The molecule has 214 valence electrons. The lowest BCUT2D eigenvalue weighted by Gasteiger charge is -2.20. The molecule has 2 unspecified atom stereocenters. The molecule has 3 aromatic rings. The summed E-state index contributed by atoms with van der Waals surface area (Å²) >= 11 is 0. The van der Waals surface area contributed by atoms with E-state index in [4.69, 9.17) is 28.4 Å². The molecule has 1 aliphatic rings. The van der Waals surface area contributed by atoms with Crippen molar-refractivity contribution in [1.82, 2.24) is 9.55 Å². The molecule has 2 aromatic heterocycles. The molecule has 0 amide bonds. The van der Waals surface area contributed by atoms with Crippen LogP contribution in [0.25, 0.3) is 11.0 Å². The molecule has 0 N–H and O–H groups in total. The van der Waals surface area contributed by atoms with Crippen molar-refractivity contribution in [2.75, 3.05) is 54.2 Å². The maximum atomic E-state index is 14.0. The van der Waals surface area contributed by atoms with Gasteiger partial charge in [0.25, 0.3) is 4.90 Å². The van der Waals surface area contributed by atoms with Gasteiger partial charge in [0.2, 0.25) is 5.75 Å². The number of fused-ring (bicyclic) bond motifs is 1. The summed E-state index contributed by atoms with van der Waals surface area (Å²) in [4.78, 5) is 19.2. The summed E-state index contributed by atoms with van der Waals surface area (Å²) in [5, 5.41) is 0.834. The van der Waals surface area contributed by atoms with Gasteiger partial charge in [0.15, 0.2) is 17.2 Å². The zero-order valence-electron chi connectivity index (χ0n) is 23.9. The smallest absolute Gasteiger partial charge is 0.311 e. The lowest BCUT2D eigenvalue weighted by molar-refractivity contribution is 0.299. The molecule has 0 saturated heterocycles. The molecule has 9 nitrogen and oxygen atoms in total. The molecule has 0 aliphatic heterocycles. The fraction of sp³-hybridized carbons (Fsp3) is 0.400. The molecular weight excluding hydrogens is 532 g/mol. The van der Waals surface area contributed by atoms with Crippen LogP contribution in [0.15, 0.2) is 64.1 Å². The number of allylic oxidation sites excluding steroid dienone is 3. The van der Waals surface area contributed by atoms with Crippen molar-refractivity contribution in [1.29, 1.82) is 0 Å². The maximum Gasteiger partial charge on any atom is 0.311 e. The van der Waals surface area contributed by atoms with E-state index < -0.39 is 10.9 Å². The van der Waals surface area contributed by atoms with Gasteiger partial charge in [0.05, 0.1) is 47.5 Å². The van der Waals surface area contributed by atoms with Crippen molar-refractivity contribution in [2.24, 2.45) is 5.92 Å². The Morgan fingerprint density at radius 1 is 1.00 bits per heavy atom. The molecule has 0 radical (unpaired) electrons. The first-order chi connectivity index (χ1) is 19.4. The van der Waals surface area contributed by atoms with Gasteiger partial charge in [-0.25, -0.2) is 4.98 Å². The number of rotatable bonds is 13. The number of pyridine rings is 2. The third-order valence-corrected chi connectivity index (χ3v) is 8.75. The zero-order valence-corrected chi connectivity index (χ0v) is 24.7. The number of benzene rings is 1. The quantitative estimate of drug-likeness (QED) is 0.218. The summed E-state index contributed by atoms with van der Waals surface area (Å²) in [5.74, 6) is 4.55. The van der Waals surface area contributed by atoms with Gasteiger partial charge in [-0.2, -0.15) is 0 Å². The minimum Gasteiger partial charge on any atom is -0.497 e. The fourth-order valence-corrected chi connectivity index (χ4v) is 6.45. The highest BCUT2D eigenvalue weighted by Crippen LogP contribution is 2.41. The molecule has 1 aromatic carbocycles. The number of hydrogen-bond donors (Lipinski definition) is 0. The van der Waals surface area contributed by atoms with E-state index in [0.29, 0.717) is 52.4 Å². The molecule has 10 heteroatoms. The Morgan fingerprint density at radius 3 is 2.33 bits per heavy atom. The lowest BCUT2D eigenvalue weighted by Crippen LogP contribution is -2.31. The topological polar surface area (TPSA) is 90.3 Å². The highest BCUT2D eigenvalue weighted by Gasteiger charge is 2.31. The molecular formula is C30H37N2O7S+. The van der Waals surface area contributed by atoms with Gasteiger partial charge in [0.1, 0.15) is 29.2 Å². The first-order valence-corrected chi connectivity index (χ1v) is 14.8. The molecule has 0 bridgehead atoms. The minimum absolute atomic E-state index is 0.0608. The van der Waals surface area contributed by atoms with E-state index in [2.05, 4.69) is 17.3 Å². The van der Waals surface area contributed by atoms with Crippen LogP contribution in [0, 0.1) is 5.92 Å². The third kappa shape index (κ3) is 6.17. The molecule has 0 fully saturated rings. The summed E-state index contributed by atoms with van der Waals surface area (Å²) in [7, 11) is 7.58. The van der Waals surface area contributed by atoms with Crippen molar-refractivity contribution < 1.29 is 28.4 Å². The van der Waals surface area contributed by atoms with E-state index in [0.717, 1.165) is 29.7 Å². The van der Waals surface area contributed by atoms with E-state index in [1.165, 1.54) is 0 Å². The van der Waals surface area contributed by atoms with Crippen LogP contribution in [-0.2, 0) is 22.2 Å². The van der Waals surface area contributed by atoms with Crippen LogP contribution in [0.5, 0.6) is 28.7 Å². The number of ether oxygens (including phenoxy) is 6. The van der Waals surface area contributed by atoms with Gasteiger partial charge in [0, 0.05) is 42.2 Å². The van der Waals surface area contributed by atoms with Gasteiger partial charge in [-0.3, -0.25) is 9.36 Å². The molecule has 1 aliphatic carbocycles. The van der Waals surface area contributed by atoms with Crippen LogP contribution in [0.3, 0.4) is 0 Å². The van der Waals surface area contributed by atoms with Crippen molar-refractivity contribution in [3.63, 3.8) is 0 Å². The average molecular weight is 570 g/mol. The largest absolute Gasteiger partial charge is 0.497 e. The van der Waals surface area contributed by atoms with E-state index in [1.54, 1.807) is 58.4 Å². The Labute approximate surface area is 237 Å². The monoisotopic (exact) mass is 569 g/mol. The predicted octanol–water partition coefficient (Wildman–Crippen LogP) is 4.61. The second-order valence-electron chi connectivity index (χ2n) is 9.22. The summed E-state index contributed by atoms with van der Waals surface area (Å²) in [6, 6.07) is 7.38. The van der Waals surface area contributed by atoms with Crippen LogP contribution >= 0.6 is 0 Å². The van der Waals surface area contributed by atoms with Crippen molar-refractivity contribution >= 4 is 21.9 Å². The van der Waals surface area contributed by atoms with E-state index in [9.17, 15) is 4.79 Å². The van der Waals surface area contributed by atoms with E-state index in [1.807, 2.05) is 24.3 Å². The summed E-state index contributed by atoms with van der Waals surface area (Å²) in [6.07, 6.45) is 11.4. The minimum atomic E-state index is -0.397. The standard InChI is InChI=1S/C30H37N2O7S/c1-34-21-12-10-20(11-13-21)19-32-29-23(9-7-14-31-29)26(37-4)28(30(32)33)40(6)16-8-15-39-22-17-24(35-2)27(38-5)25(18-22)36-3/h7,9-10,12-14,17-18,20H,8,11,15-16,19H2,1-6H3/q+1. The average Bonchev–Trinajstić information content (AvgIpc) is 2.99. The molecule has 2 atom stereocenters. The number of aromatic nitrogens is 2. The lowest BCUT2D eigenvalue weighted by atomic mass is 10.00. The van der Waals surface area contributed by atoms with Crippen molar-refractivity contribution in [3.05, 3.63) is 64.8 Å². The zero-order chi connectivity index (χ0) is 28.6. The number of hydrogen-bond acceptors (Lipinski definition) is 8. The Balaban J connectivity index is 1.54. The first kappa shape index (κ1) is 29.2. The second kappa shape index (κ2) is 13.5. The van der Waals surface area contributed by atoms with E-state index >= 15 is 0 Å². The van der Waals surface area contributed by atoms with Gasteiger partial charge in [-0.15, -0.1) is 0 Å². The van der Waals surface area contributed by atoms with E-state index in [-0.39, 0.29) is 11.5 Å². The van der Waals surface area contributed by atoms with Gasteiger partial charge in [-0.1, -0.05) is 6.08 Å². The Morgan fingerprint density at radius 2 is 1.73 bits per heavy atom. The SMILES string of the molecule is COC1=CCC(Cn2c(=O)c([S+](C)CCCOc3cc(OC)c(OC)c(OC)c3)c(OC)c3cccnc32)C=C1. The van der Waals surface area contributed by atoms with Crippen molar-refractivity contribution in [3.8, 4) is 28.7 Å². The fourth-order valence-electron chi connectivity index (χ4n) is 4.78.